The number of aromatic nitrogens is 4. The van der Waals surface area contributed by atoms with E-state index in [0.29, 0.717) is 22.4 Å². The molecule has 0 radical (unpaired) electrons. The molecular weight excluding hydrogens is 401 g/mol. The molecule has 0 fully saturated rings. The summed E-state index contributed by atoms with van der Waals surface area (Å²) in [5.41, 5.74) is 1.36. The molecular formula is C21H24ClF3N4. The normalized spacial score (nSPS) is 12.3. The van der Waals surface area contributed by atoms with Crippen LogP contribution in [0.25, 0.3) is 22.4 Å². The number of hydrogen-bond donors (Lipinski definition) is 0. The van der Waals surface area contributed by atoms with Gasteiger partial charge in [0.15, 0.2) is 5.65 Å². The molecule has 0 unspecified atom stereocenters. The van der Waals surface area contributed by atoms with E-state index in [1.165, 1.54) is 12.4 Å². The Balaban J connectivity index is 2.19. The SMILES string of the molecule is CCCC(CCC)n1c(CC)nc2c(-c3ccc(C(F)(F)F)cc3Cl)ncnc21. The van der Waals surface area contributed by atoms with Crippen molar-refractivity contribution in [3.8, 4) is 11.3 Å². The summed E-state index contributed by atoms with van der Waals surface area (Å²) in [5, 5.41) is -0.00825. The topological polar surface area (TPSA) is 43.6 Å². The fourth-order valence-electron chi connectivity index (χ4n) is 3.74. The Labute approximate surface area is 173 Å². The summed E-state index contributed by atoms with van der Waals surface area (Å²) in [7, 11) is 0. The van der Waals surface area contributed by atoms with Gasteiger partial charge in [-0.25, -0.2) is 15.0 Å². The van der Waals surface area contributed by atoms with Crippen LogP contribution in [0.5, 0.6) is 0 Å². The van der Waals surface area contributed by atoms with Crippen molar-refractivity contribution < 1.29 is 13.2 Å². The van der Waals surface area contributed by atoms with E-state index < -0.39 is 11.7 Å². The van der Waals surface area contributed by atoms with Gasteiger partial charge in [-0.2, -0.15) is 13.2 Å². The van der Waals surface area contributed by atoms with Gasteiger partial charge >= 0.3 is 6.18 Å². The van der Waals surface area contributed by atoms with Crippen LogP contribution in [0.2, 0.25) is 5.02 Å². The summed E-state index contributed by atoms with van der Waals surface area (Å²) in [5.74, 6) is 0.900. The molecule has 4 nitrogen and oxygen atoms in total. The molecule has 0 spiro atoms. The summed E-state index contributed by atoms with van der Waals surface area (Å²) in [4.78, 5) is 13.6. The lowest BCUT2D eigenvalue weighted by Crippen LogP contribution is -2.12. The Morgan fingerprint density at radius 3 is 2.31 bits per heavy atom. The van der Waals surface area contributed by atoms with Crippen molar-refractivity contribution >= 4 is 22.8 Å². The average molecular weight is 425 g/mol. The first kappa shape index (κ1) is 21.6. The predicted molar refractivity (Wildman–Crippen MR) is 109 cm³/mol. The minimum Gasteiger partial charge on any atom is -0.309 e. The molecule has 8 heteroatoms. The van der Waals surface area contributed by atoms with Gasteiger partial charge < -0.3 is 4.57 Å². The van der Waals surface area contributed by atoms with Crippen molar-refractivity contribution in [2.75, 3.05) is 0 Å². The van der Waals surface area contributed by atoms with Crippen LogP contribution >= 0.6 is 11.6 Å². The van der Waals surface area contributed by atoms with Gasteiger partial charge in [0.05, 0.1) is 10.6 Å². The molecule has 3 aromatic rings. The van der Waals surface area contributed by atoms with Crippen molar-refractivity contribution in [3.63, 3.8) is 0 Å². The lowest BCUT2D eigenvalue weighted by molar-refractivity contribution is -0.137. The van der Waals surface area contributed by atoms with E-state index in [-0.39, 0.29) is 11.1 Å². The second kappa shape index (κ2) is 8.69. The molecule has 0 saturated carbocycles. The van der Waals surface area contributed by atoms with Gasteiger partial charge in [-0.05, 0) is 25.0 Å². The highest BCUT2D eigenvalue weighted by molar-refractivity contribution is 6.33. The number of nitrogens with zero attached hydrogens (tertiary/aromatic N) is 4. The molecule has 0 atom stereocenters. The maximum absolute atomic E-state index is 13.0. The lowest BCUT2D eigenvalue weighted by atomic mass is 10.1. The van der Waals surface area contributed by atoms with Crippen molar-refractivity contribution in [3.05, 3.63) is 40.9 Å². The molecule has 1 aromatic carbocycles. The Bertz CT molecular complexity index is 991. The average Bonchev–Trinajstić information content (AvgIpc) is 3.06. The first-order chi connectivity index (χ1) is 13.8. The Morgan fingerprint density at radius 2 is 1.76 bits per heavy atom. The highest BCUT2D eigenvalue weighted by Gasteiger charge is 2.31. The summed E-state index contributed by atoms with van der Waals surface area (Å²) in [6, 6.07) is 3.58. The minimum atomic E-state index is -4.45. The third-order valence-corrected chi connectivity index (χ3v) is 5.34. The molecule has 156 valence electrons. The van der Waals surface area contributed by atoms with Gasteiger partial charge in [-0.1, -0.05) is 51.3 Å². The number of alkyl halides is 3. The van der Waals surface area contributed by atoms with Crippen molar-refractivity contribution in [1.82, 2.24) is 19.5 Å². The van der Waals surface area contributed by atoms with Crippen LogP contribution in [0.15, 0.2) is 24.5 Å². The van der Waals surface area contributed by atoms with Crippen LogP contribution in [0.4, 0.5) is 13.2 Å². The van der Waals surface area contributed by atoms with Gasteiger partial charge in [0, 0.05) is 18.0 Å². The standard InChI is InChI=1S/C21H24ClF3N4/c1-4-7-14(8-5-2)29-17(6-3)28-19-18(26-12-27-20(19)29)15-10-9-13(11-16(15)22)21(23,24)25/h9-12,14H,4-8H2,1-3H3. The molecule has 0 amide bonds. The number of halogens is 4. The number of rotatable bonds is 7. The first-order valence-corrected chi connectivity index (χ1v) is 10.3. The van der Waals surface area contributed by atoms with E-state index in [0.717, 1.165) is 50.1 Å². The van der Waals surface area contributed by atoms with Gasteiger partial charge in [-0.3, -0.25) is 0 Å². The molecule has 2 heterocycles. The van der Waals surface area contributed by atoms with Gasteiger partial charge in [0.1, 0.15) is 23.4 Å². The molecule has 0 bridgehead atoms. The Morgan fingerprint density at radius 1 is 1.07 bits per heavy atom. The maximum atomic E-state index is 13.0. The lowest BCUT2D eigenvalue weighted by Gasteiger charge is -2.20. The van der Waals surface area contributed by atoms with E-state index in [2.05, 4.69) is 28.4 Å². The summed E-state index contributed by atoms with van der Waals surface area (Å²) in [6.07, 6.45) is 1.79. The van der Waals surface area contributed by atoms with Gasteiger partial charge in [0.25, 0.3) is 0 Å². The van der Waals surface area contributed by atoms with E-state index >= 15 is 0 Å². The molecule has 0 saturated heterocycles. The third-order valence-electron chi connectivity index (χ3n) is 5.03. The Hall–Kier alpha value is -2.15. The van der Waals surface area contributed by atoms with E-state index in [9.17, 15) is 13.2 Å². The summed E-state index contributed by atoms with van der Waals surface area (Å²) < 4.78 is 41.1. The van der Waals surface area contributed by atoms with E-state index in [1.807, 2.05) is 6.92 Å². The van der Waals surface area contributed by atoms with Gasteiger partial charge in [0.2, 0.25) is 0 Å². The van der Waals surface area contributed by atoms with Gasteiger partial charge in [-0.15, -0.1) is 0 Å². The number of benzene rings is 1. The fourth-order valence-corrected chi connectivity index (χ4v) is 4.01. The van der Waals surface area contributed by atoms with Crippen LogP contribution in [0.3, 0.4) is 0 Å². The van der Waals surface area contributed by atoms with Crippen LogP contribution in [0.1, 0.15) is 63.9 Å². The summed E-state index contributed by atoms with van der Waals surface area (Å²) >= 11 is 6.22. The number of imidazole rings is 1. The predicted octanol–water partition coefficient (Wildman–Crippen LogP) is 6.87. The third kappa shape index (κ3) is 4.25. The summed E-state index contributed by atoms with van der Waals surface area (Å²) in [6.45, 7) is 6.33. The zero-order valence-corrected chi connectivity index (χ0v) is 17.5. The van der Waals surface area contributed by atoms with E-state index in [1.54, 1.807) is 0 Å². The molecule has 3 rings (SSSR count). The monoisotopic (exact) mass is 424 g/mol. The highest BCUT2D eigenvalue weighted by atomic mass is 35.5. The first-order valence-electron chi connectivity index (χ1n) is 9.90. The van der Waals surface area contributed by atoms with Crippen LogP contribution in [0, 0.1) is 0 Å². The maximum Gasteiger partial charge on any atom is 0.416 e. The molecule has 2 aromatic heterocycles. The number of fused-ring (bicyclic) bond motifs is 1. The second-order valence-corrected chi connectivity index (χ2v) is 7.48. The molecule has 0 aliphatic carbocycles. The molecule has 0 aliphatic heterocycles. The van der Waals surface area contributed by atoms with Crippen LogP contribution in [-0.2, 0) is 12.6 Å². The smallest absolute Gasteiger partial charge is 0.309 e. The Kier molecular flexibility index (Phi) is 6.46. The second-order valence-electron chi connectivity index (χ2n) is 7.07. The zero-order chi connectivity index (χ0) is 21.2. The van der Waals surface area contributed by atoms with E-state index in [4.69, 9.17) is 16.6 Å². The number of aryl methyl sites for hydroxylation is 1. The molecule has 29 heavy (non-hydrogen) atoms. The number of hydrogen-bond acceptors (Lipinski definition) is 3. The van der Waals surface area contributed by atoms with Crippen molar-refractivity contribution in [2.24, 2.45) is 0 Å². The largest absolute Gasteiger partial charge is 0.416 e. The quantitative estimate of drug-likeness (QED) is 0.415. The minimum absolute atomic E-state index is 0.00825. The zero-order valence-electron chi connectivity index (χ0n) is 16.7. The fraction of sp³-hybridized carbons (Fsp3) is 0.476. The molecule has 0 aliphatic rings. The molecule has 0 N–H and O–H groups in total. The highest BCUT2D eigenvalue weighted by Crippen LogP contribution is 2.37. The van der Waals surface area contributed by atoms with Crippen LogP contribution in [-0.4, -0.2) is 19.5 Å². The van der Waals surface area contributed by atoms with Crippen LogP contribution < -0.4 is 0 Å². The van der Waals surface area contributed by atoms with Crippen molar-refractivity contribution in [2.45, 2.75) is 65.1 Å². The van der Waals surface area contributed by atoms with Crippen molar-refractivity contribution in [1.29, 1.82) is 0 Å².